The van der Waals surface area contributed by atoms with E-state index in [0.717, 1.165) is 43.7 Å². The van der Waals surface area contributed by atoms with E-state index < -0.39 is 0 Å². The van der Waals surface area contributed by atoms with Crippen molar-refractivity contribution in [2.24, 2.45) is 11.7 Å². The first-order valence-corrected chi connectivity index (χ1v) is 7.45. The zero-order valence-corrected chi connectivity index (χ0v) is 13.8. The fraction of sp³-hybridized carbons (Fsp3) is 0.533. The van der Waals surface area contributed by atoms with E-state index in [0.29, 0.717) is 17.5 Å². The zero-order valence-electron chi connectivity index (χ0n) is 12.3. The van der Waals surface area contributed by atoms with Crippen LogP contribution in [0.4, 0.5) is 5.69 Å². The molecule has 1 saturated heterocycles. The van der Waals surface area contributed by atoms with Crippen molar-refractivity contribution >= 4 is 35.6 Å². The molecule has 118 valence electrons. The maximum Gasteiger partial charge on any atom is 0.238 e. The minimum atomic E-state index is 0. The highest BCUT2D eigenvalue weighted by Gasteiger charge is 2.20. The van der Waals surface area contributed by atoms with Gasteiger partial charge < -0.3 is 11.1 Å². The Kier molecular flexibility index (Phi) is 7.46. The first-order valence-electron chi connectivity index (χ1n) is 7.07. The van der Waals surface area contributed by atoms with Crippen LogP contribution in [0.2, 0.25) is 5.02 Å². The molecule has 0 saturated carbocycles. The topological polar surface area (TPSA) is 58.4 Å². The lowest BCUT2D eigenvalue weighted by Gasteiger charge is -2.30. The second kappa shape index (κ2) is 8.59. The molecule has 4 nitrogen and oxygen atoms in total. The van der Waals surface area contributed by atoms with Gasteiger partial charge in [0.2, 0.25) is 5.91 Å². The Hall–Kier alpha value is -0.810. The zero-order chi connectivity index (χ0) is 14.5. The van der Waals surface area contributed by atoms with Crippen molar-refractivity contribution in [1.82, 2.24) is 4.90 Å². The number of piperidine rings is 1. The van der Waals surface area contributed by atoms with Crippen LogP contribution < -0.4 is 11.1 Å². The highest BCUT2D eigenvalue weighted by molar-refractivity contribution is 6.31. The Morgan fingerprint density at radius 1 is 1.43 bits per heavy atom. The predicted molar refractivity (Wildman–Crippen MR) is 90.3 cm³/mol. The SMILES string of the molecule is Cc1c(Cl)cccc1NC(=O)CN1CCC(CN)CC1.Cl. The minimum absolute atomic E-state index is 0. The second-order valence-electron chi connectivity index (χ2n) is 5.42. The average Bonchev–Trinajstić information content (AvgIpc) is 2.45. The second-order valence-corrected chi connectivity index (χ2v) is 5.82. The number of hydrogen-bond donors (Lipinski definition) is 2. The van der Waals surface area contributed by atoms with E-state index in [2.05, 4.69) is 10.2 Å². The molecule has 1 fully saturated rings. The molecule has 0 atom stereocenters. The van der Waals surface area contributed by atoms with Gasteiger partial charge in [0, 0.05) is 10.7 Å². The maximum absolute atomic E-state index is 12.1. The smallest absolute Gasteiger partial charge is 0.238 e. The lowest BCUT2D eigenvalue weighted by atomic mass is 9.97. The third kappa shape index (κ3) is 5.15. The van der Waals surface area contributed by atoms with Crippen molar-refractivity contribution in [3.8, 4) is 0 Å². The molecule has 1 aromatic rings. The summed E-state index contributed by atoms with van der Waals surface area (Å²) in [6, 6.07) is 5.54. The van der Waals surface area contributed by atoms with Crippen molar-refractivity contribution in [3.05, 3.63) is 28.8 Å². The van der Waals surface area contributed by atoms with Gasteiger partial charge in [0.15, 0.2) is 0 Å². The third-order valence-corrected chi connectivity index (χ3v) is 4.36. The van der Waals surface area contributed by atoms with Crippen LogP contribution >= 0.6 is 24.0 Å². The number of hydrogen-bond acceptors (Lipinski definition) is 3. The summed E-state index contributed by atoms with van der Waals surface area (Å²) < 4.78 is 0. The molecule has 0 radical (unpaired) electrons. The number of nitrogens with one attached hydrogen (secondary N) is 1. The number of rotatable bonds is 4. The molecule has 1 aromatic carbocycles. The Labute approximate surface area is 137 Å². The quantitative estimate of drug-likeness (QED) is 0.891. The summed E-state index contributed by atoms with van der Waals surface area (Å²) in [5.74, 6) is 0.631. The monoisotopic (exact) mass is 331 g/mol. The van der Waals surface area contributed by atoms with E-state index in [1.165, 1.54) is 0 Å². The predicted octanol–water partition coefficient (Wildman–Crippen LogP) is 2.68. The molecule has 0 spiro atoms. The molecule has 1 aliphatic rings. The van der Waals surface area contributed by atoms with Gasteiger partial charge in [-0.05, 0) is 63.0 Å². The number of nitrogens with two attached hydrogens (primary N) is 1. The van der Waals surface area contributed by atoms with Gasteiger partial charge in [-0.3, -0.25) is 9.69 Å². The van der Waals surface area contributed by atoms with Gasteiger partial charge >= 0.3 is 0 Å². The van der Waals surface area contributed by atoms with E-state index in [4.69, 9.17) is 17.3 Å². The van der Waals surface area contributed by atoms with Gasteiger partial charge in [-0.15, -0.1) is 12.4 Å². The van der Waals surface area contributed by atoms with Gasteiger partial charge in [0.25, 0.3) is 0 Å². The van der Waals surface area contributed by atoms with Gasteiger partial charge in [-0.25, -0.2) is 0 Å². The Morgan fingerprint density at radius 2 is 2.10 bits per heavy atom. The number of benzene rings is 1. The standard InChI is InChI=1S/C15H22ClN3O.ClH/c1-11-13(16)3-2-4-14(11)18-15(20)10-19-7-5-12(9-17)6-8-19;/h2-4,12H,5-10,17H2,1H3,(H,18,20);1H. The first kappa shape index (κ1) is 18.2. The fourth-order valence-corrected chi connectivity index (χ4v) is 2.69. The lowest BCUT2D eigenvalue weighted by Crippen LogP contribution is -2.40. The van der Waals surface area contributed by atoms with E-state index >= 15 is 0 Å². The van der Waals surface area contributed by atoms with E-state index in [9.17, 15) is 4.79 Å². The molecule has 0 aromatic heterocycles. The Morgan fingerprint density at radius 3 is 2.71 bits per heavy atom. The first-order chi connectivity index (χ1) is 9.60. The van der Waals surface area contributed by atoms with Crippen molar-refractivity contribution in [2.75, 3.05) is 31.5 Å². The van der Waals surface area contributed by atoms with Crippen molar-refractivity contribution in [1.29, 1.82) is 0 Å². The summed E-state index contributed by atoms with van der Waals surface area (Å²) in [6.45, 7) is 4.99. The Balaban J connectivity index is 0.00000220. The summed E-state index contributed by atoms with van der Waals surface area (Å²) in [7, 11) is 0. The summed E-state index contributed by atoms with van der Waals surface area (Å²) in [5.41, 5.74) is 7.37. The molecular weight excluding hydrogens is 309 g/mol. The van der Waals surface area contributed by atoms with Crippen LogP contribution in [0.3, 0.4) is 0 Å². The van der Waals surface area contributed by atoms with Crippen LogP contribution in [-0.4, -0.2) is 37.0 Å². The number of halogens is 2. The normalized spacial score (nSPS) is 16.3. The molecule has 1 amide bonds. The summed E-state index contributed by atoms with van der Waals surface area (Å²) in [5, 5.41) is 3.61. The van der Waals surface area contributed by atoms with Crippen LogP contribution in [0.15, 0.2) is 18.2 Å². The van der Waals surface area contributed by atoms with Crippen LogP contribution in [0, 0.1) is 12.8 Å². The van der Waals surface area contributed by atoms with Crippen LogP contribution in [-0.2, 0) is 4.79 Å². The number of likely N-dealkylation sites (tertiary alicyclic amines) is 1. The third-order valence-electron chi connectivity index (χ3n) is 3.95. The van der Waals surface area contributed by atoms with E-state index in [1.54, 1.807) is 0 Å². The molecule has 1 heterocycles. The summed E-state index contributed by atoms with van der Waals surface area (Å²) in [6.07, 6.45) is 2.17. The fourth-order valence-electron chi connectivity index (χ4n) is 2.52. The maximum atomic E-state index is 12.1. The summed E-state index contributed by atoms with van der Waals surface area (Å²) in [4.78, 5) is 14.3. The molecular formula is C15H23Cl2N3O. The van der Waals surface area contributed by atoms with E-state index in [-0.39, 0.29) is 18.3 Å². The van der Waals surface area contributed by atoms with Crippen molar-refractivity contribution < 1.29 is 4.79 Å². The number of anilines is 1. The average molecular weight is 332 g/mol. The van der Waals surface area contributed by atoms with Crippen molar-refractivity contribution in [2.45, 2.75) is 19.8 Å². The molecule has 21 heavy (non-hydrogen) atoms. The van der Waals surface area contributed by atoms with E-state index in [1.807, 2.05) is 25.1 Å². The van der Waals surface area contributed by atoms with Crippen molar-refractivity contribution in [3.63, 3.8) is 0 Å². The van der Waals surface area contributed by atoms with Crippen LogP contribution in [0.5, 0.6) is 0 Å². The number of carbonyl (C=O) groups is 1. The number of amides is 1. The molecule has 3 N–H and O–H groups in total. The van der Waals surface area contributed by atoms with Crippen LogP contribution in [0.1, 0.15) is 18.4 Å². The van der Waals surface area contributed by atoms with Gasteiger partial charge in [0.1, 0.15) is 0 Å². The number of nitrogens with zero attached hydrogens (tertiary/aromatic N) is 1. The molecule has 0 bridgehead atoms. The molecule has 2 rings (SSSR count). The number of carbonyl (C=O) groups excluding carboxylic acids is 1. The Bertz CT molecular complexity index is 474. The van der Waals surface area contributed by atoms with Crippen LogP contribution in [0.25, 0.3) is 0 Å². The summed E-state index contributed by atoms with van der Waals surface area (Å²) >= 11 is 6.05. The molecule has 0 aliphatic carbocycles. The largest absolute Gasteiger partial charge is 0.330 e. The highest BCUT2D eigenvalue weighted by atomic mass is 35.5. The highest BCUT2D eigenvalue weighted by Crippen LogP contribution is 2.23. The minimum Gasteiger partial charge on any atom is -0.330 e. The molecule has 6 heteroatoms. The van der Waals surface area contributed by atoms with Gasteiger partial charge in [-0.2, -0.15) is 0 Å². The lowest BCUT2D eigenvalue weighted by molar-refractivity contribution is -0.117. The molecule has 1 aliphatic heterocycles. The van der Waals surface area contributed by atoms with Gasteiger partial charge in [0.05, 0.1) is 6.54 Å². The van der Waals surface area contributed by atoms with Gasteiger partial charge in [-0.1, -0.05) is 17.7 Å². The molecule has 0 unspecified atom stereocenters.